The van der Waals surface area contributed by atoms with Crippen LogP contribution >= 0.6 is 0 Å². The molecule has 2 aliphatic heterocycles. The Hall–Kier alpha value is -2.89. The molecule has 0 N–H and O–H groups in total. The highest BCUT2D eigenvalue weighted by Gasteiger charge is 2.31. The molecular formula is C22H25NO5. The molecule has 4 rings (SSSR count). The van der Waals surface area contributed by atoms with Crippen molar-refractivity contribution >= 4 is 5.91 Å². The van der Waals surface area contributed by atoms with Gasteiger partial charge in [-0.3, -0.25) is 4.79 Å². The van der Waals surface area contributed by atoms with Crippen LogP contribution in [0.1, 0.15) is 30.9 Å². The number of benzene rings is 2. The summed E-state index contributed by atoms with van der Waals surface area (Å²) in [6.45, 7) is 2.08. The predicted molar refractivity (Wildman–Crippen MR) is 104 cm³/mol. The standard InChI is InChI=1S/C22H25NO5/c1-25-17-6-8-18(9-7-17)28-15-22(24)23-11-2-4-19(23)16-5-10-20-21(14-16)27-13-3-12-26-20/h5-10,14,19H,2-4,11-13,15H2,1H3. The van der Waals surface area contributed by atoms with Crippen molar-refractivity contribution in [3.8, 4) is 23.0 Å². The molecule has 1 saturated heterocycles. The molecule has 1 fully saturated rings. The van der Waals surface area contributed by atoms with Gasteiger partial charge in [0.05, 0.1) is 26.4 Å². The van der Waals surface area contributed by atoms with Crippen molar-refractivity contribution in [1.82, 2.24) is 4.90 Å². The molecule has 2 aromatic carbocycles. The first-order chi connectivity index (χ1) is 13.7. The van der Waals surface area contributed by atoms with Crippen molar-refractivity contribution in [2.45, 2.75) is 25.3 Å². The van der Waals surface area contributed by atoms with E-state index in [4.69, 9.17) is 18.9 Å². The van der Waals surface area contributed by atoms with Gasteiger partial charge in [-0.25, -0.2) is 0 Å². The summed E-state index contributed by atoms with van der Waals surface area (Å²) in [7, 11) is 1.62. The lowest BCUT2D eigenvalue weighted by Gasteiger charge is -2.25. The fourth-order valence-electron chi connectivity index (χ4n) is 3.70. The maximum atomic E-state index is 12.8. The number of likely N-dealkylation sites (tertiary alicyclic amines) is 1. The highest BCUT2D eigenvalue weighted by Crippen LogP contribution is 2.38. The lowest BCUT2D eigenvalue weighted by molar-refractivity contribution is -0.134. The summed E-state index contributed by atoms with van der Waals surface area (Å²) in [6.07, 6.45) is 2.79. The number of carbonyl (C=O) groups excluding carboxylic acids is 1. The van der Waals surface area contributed by atoms with Gasteiger partial charge in [0.1, 0.15) is 11.5 Å². The maximum Gasteiger partial charge on any atom is 0.261 e. The van der Waals surface area contributed by atoms with E-state index in [1.54, 1.807) is 19.2 Å². The molecule has 1 unspecified atom stereocenters. The number of hydrogen-bond acceptors (Lipinski definition) is 5. The average molecular weight is 383 g/mol. The highest BCUT2D eigenvalue weighted by molar-refractivity contribution is 5.78. The Kier molecular flexibility index (Phi) is 5.55. The van der Waals surface area contributed by atoms with E-state index in [1.165, 1.54) is 0 Å². The summed E-state index contributed by atoms with van der Waals surface area (Å²) in [6, 6.07) is 13.3. The van der Waals surface area contributed by atoms with Gasteiger partial charge in [0, 0.05) is 13.0 Å². The van der Waals surface area contributed by atoms with Gasteiger partial charge in [0.15, 0.2) is 18.1 Å². The number of hydrogen-bond donors (Lipinski definition) is 0. The lowest BCUT2D eigenvalue weighted by atomic mass is 10.0. The molecule has 28 heavy (non-hydrogen) atoms. The molecular weight excluding hydrogens is 358 g/mol. The zero-order valence-corrected chi connectivity index (χ0v) is 16.1. The van der Waals surface area contributed by atoms with Crippen molar-refractivity contribution in [1.29, 1.82) is 0 Å². The SMILES string of the molecule is COc1ccc(OCC(=O)N2CCCC2c2ccc3c(c2)OCCCO3)cc1. The minimum absolute atomic E-state index is 0.00886. The van der Waals surface area contributed by atoms with Gasteiger partial charge < -0.3 is 23.8 Å². The predicted octanol–water partition coefficient (Wildman–Crippen LogP) is 3.60. The Morgan fingerprint density at radius 2 is 1.79 bits per heavy atom. The van der Waals surface area contributed by atoms with Crippen molar-refractivity contribution in [3.05, 3.63) is 48.0 Å². The third-order valence-electron chi connectivity index (χ3n) is 5.15. The minimum Gasteiger partial charge on any atom is -0.497 e. The van der Waals surface area contributed by atoms with Gasteiger partial charge in [-0.2, -0.15) is 0 Å². The van der Waals surface area contributed by atoms with E-state index in [1.807, 2.05) is 35.2 Å². The van der Waals surface area contributed by atoms with Crippen molar-refractivity contribution in [2.75, 3.05) is 33.5 Å². The fourth-order valence-corrected chi connectivity index (χ4v) is 3.70. The molecule has 0 bridgehead atoms. The molecule has 6 heteroatoms. The smallest absolute Gasteiger partial charge is 0.261 e. The lowest BCUT2D eigenvalue weighted by Crippen LogP contribution is -2.34. The zero-order chi connectivity index (χ0) is 19.3. The van der Waals surface area contributed by atoms with Crippen LogP contribution in [0.5, 0.6) is 23.0 Å². The van der Waals surface area contributed by atoms with Crippen LogP contribution in [0.25, 0.3) is 0 Å². The largest absolute Gasteiger partial charge is 0.497 e. The van der Waals surface area contributed by atoms with Gasteiger partial charge in [-0.15, -0.1) is 0 Å². The Bertz CT molecular complexity index is 820. The molecule has 0 radical (unpaired) electrons. The topological polar surface area (TPSA) is 57.2 Å². The van der Waals surface area contributed by atoms with E-state index in [9.17, 15) is 4.79 Å². The van der Waals surface area contributed by atoms with E-state index in [2.05, 4.69) is 0 Å². The number of amides is 1. The Balaban J connectivity index is 1.42. The van der Waals surface area contributed by atoms with Crippen molar-refractivity contribution in [2.24, 2.45) is 0 Å². The second-order valence-electron chi connectivity index (χ2n) is 6.97. The molecule has 6 nitrogen and oxygen atoms in total. The number of fused-ring (bicyclic) bond motifs is 1. The number of carbonyl (C=O) groups is 1. The minimum atomic E-state index is -0.00886. The summed E-state index contributed by atoms with van der Waals surface area (Å²) in [5.41, 5.74) is 1.08. The third-order valence-corrected chi connectivity index (χ3v) is 5.15. The van der Waals surface area contributed by atoms with Gasteiger partial charge >= 0.3 is 0 Å². The highest BCUT2D eigenvalue weighted by atomic mass is 16.5. The first-order valence-corrected chi connectivity index (χ1v) is 9.70. The molecule has 2 aromatic rings. The van der Waals surface area contributed by atoms with E-state index in [-0.39, 0.29) is 18.6 Å². The summed E-state index contributed by atoms with van der Waals surface area (Å²) in [5.74, 6) is 2.95. The maximum absolute atomic E-state index is 12.8. The van der Waals surface area contributed by atoms with Crippen LogP contribution in [0.3, 0.4) is 0 Å². The monoisotopic (exact) mass is 383 g/mol. The number of nitrogens with zero attached hydrogens (tertiary/aromatic N) is 1. The summed E-state index contributed by atoms with van der Waals surface area (Å²) < 4.78 is 22.3. The second-order valence-corrected chi connectivity index (χ2v) is 6.97. The van der Waals surface area contributed by atoms with Gasteiger partial charge in [0.25, 0.3) is 5.91 Å². The molecule has 0 aliphatic carbocycles. The summed E-state index contributed by atoms with van der Waals surface area (Å²) in [4.78, 5) is 14.7. The van der Waals surface area contributed by atoms with Crippen LogP contribution in [0.15, 0.2) is 42.5 Å². The van der Waals surface area contributed by atoms with E-state index < -0.39 is 0 Å². The molecule has 0 spiro atoms. The Labute approximate surface area is 165 Å². The van der Waals surface area contributed by atoms with E-state index >= 15 is 0 Å². The van der Waals surface area contributed by atoms with E-state index in [0.717, 1.165) is 48.6 Å². The number of rotatable bonds is 5. The van der Waals surface area contributed by atoms with Gasteiger partial charge in [-0.1, -0.05) is 6.07 Å². The van der Waals surface area contributed by atoms with Crippen LogP contribution in [0.4, 0.5) is 0 Å². The molecule has 1 amide bonds. The van der Waals surface area contributed by atoms with Gasteiger partial charge in [0.2, 0.25) is 0 Å². The first kappa shape index (κ1) is 18.5. The molecule has 2 aliphatic rings. The van der Waals surface area contributed by atoms with Crippen LogP contribution < -0.4 is 18.9 Å². The summed E-state index contributed by atoms with van der Waals surface area (Å²) in [5, 5.41) is 0. The van der Waals surface area contributed by atoms with Crippen LogP contribution in [-0.2, 0) is 4.79 Å². The van der Waals surface area contributed by atoms with E-state index in [0.29, 0.717) is 19.0 Å². The zero-order valence-electron chi connectivity index (χ0n) is 16.1. The Morgan fingerprint density at radius 3 is 2.57 bits per heavy atom. The quantitative estimate of drug-likeness (QED) is 0.790. The van der Waals surface area contributed by atoms with Crippen molar-refractivity contribution < 1.29 is 23.7 Å². The molecule has 148 valence electrons. The second kappa shape index (κ2) is 8.42. The fraction of sp³-hybridized carbons (Fsp3) is 0.409. The van der Waals surface area contributed by atoms with Gasteiger partial charge in [-0.05, 0) is 54.8 Å². The van der Waals surface area contributed by atoms with Crippen LogP contribution in [0, 0.1) is 0 Å². The number of ether oxygens (including phenoxy) is 4. The third kappa shape index (κ3) is 4.01. The Morgan fingerprint density at radius 1 is 1.04 bits per heavy atom. The normalized spacial score (nSPS) is 18.5. The molecule has 1 atom stereocenters. The number of methoxy groups -OCH3 is 1. The van der Waals surface area contributed by atoms with Crippen LogP contribution in [-0.4, -0.2) is 44.3 Å². The average Bonchev–Trinajstić information content (AvgIpc) is 3.11. The first-order valence-electron chi connectivity index (χ1n) is 9.70. The summed E-state index contributed by atoms with van der Waals surface area (Å²) >= 11 is 0. The van der Waals surface area contributed by atoms with Crippen molar-refractivity contribution in [3.63, 3.8) is 0 Å². The van der Waals surface area contributed by atoms with Crippen LogP contribution in [0.2, 0.25) is 0 Å². The molecule has 0 saturated carbocycles. The molecule has 0 aromatic heterocycles. The molecule has 2 heterocycles.